The number of hydrogen-bond acceptors (Lipinski definition) is 4. The second kappa shape index (κ2) is 11.1. The van der Waals surface area contributed by atoms with Crippen LogP contribution in [-0.2, 0) is 20.6 Å². The molecular weight excluding hydrogens is 484 g/mol. The van der Waals surface area contributed by atoms with Crippen molar-refractivity contribution >= 4 is 60.9 Å². The van der Waals surface area contributed by atoms with E-state index in [0.717, 1.165) is 38.0 Å². The molecule has 0 fully saturated rings. The van der Waals surface area contributed by atoms with Crippen LogP contribution in [0.3, 0.4) is 0 Å². The van der Waals surface area contributed by atoms with Gasteiger partial charge in [0.05, 0.1) is 11.9 Å². The number of sulfonamides is 1. The summed E-state index contributed by atoms with van der Waals surface area (Å²) in [6, 6.07) is 14.5. The predicted molar refractivity (Wildman–Crippen MR) is 122 cm³/mol. The third-order valence-electron chi connectivity index (χ3n) is 3.77. The van der Waals surface area contributed by atoms with Gasteiger partial charge in [-0.3, -0.25) is 9.10 Å². The highest BCUT2D eigenvalue weighted by Crippen LogP contribution is 2.20. The minimum Gasteiger partial charge on any atom is -0.354 e. The van der Waals surface area contributed by atoms with Gasteiger partial charge in [0.25, 0.3) is 0 Å². The molecule has 0 saturated heterocycles. The Labute approximate surface area is 184 Å². The zero-order chi connectivity index (χ0) is 20.6. The summed E-state index contributed by atoms with van der Waals surface area (Å²) >= 11 is 11.0. The Morgan fingerprint density at radius 1 is 1.14 bits per heavy atom. The fraction of sp³-hybridized carbons (Fsp3) is 0.316. The minimum absolute atomic E-state index is 0.238. The lowest BCUT2D eigenvalue weighted by molar-refractivity contribution is -0.119. The van der Waals surface area contributed by atoms with Gasteiger partial charge in [0.15, 0.2) is 0 Å². The van der Waals surface area contributed by atoms with E-state index in [9.17, 15) is 13.2 Å². The molecule has 152 valence electrons. The number of anilines is 1. The first-order valence-corrected chi connectivity index (χ1v) is 12.8. The van der Waals surface area contributed by atoms with Crippen molar-refractivity contribution in [2.45, 2.75) is 12.2 Å². The van der Waals surface area contributed by atoms with Gasteiger partial charge in [-0.2, -0.15) is 11.8 Å². The van der Waals surface area contributed by atoms with Crippen LogP contribution in [0.5, 0.6) is 0 Å². The minimum atomic E-state index is -3.56. The summed E-state index contributed by atoms with van der Waals surface area (Å²) in [4.78, 5) is 12.2. The molecule has 0 saturated carbocycles. The second-order valence-electron chi connectivity index (χ2n) is 6.13. The fourth-order valence-electron chi connectivity index (χ4n) is 2.37. The number of benzene rings is 2. The van der Waals surface area contributed by atoms with Crippen molar-refractivity contribution < 1.29 is 13.2 Å². The maximum Gasteiger partial charge on any atom is 0.240 e. The number of amides is 1. The van der Waals surface area contributed by atoms with Crippen LogP contribution in [0.25, 0.3) is 0 Å². The van der Waals surface area contributed by atoms with E-state index in [0.29, 0.717) is 12.2 Å². The molecule has 2 aromatic carbocycles. The van der Waals surface area contributed by atoms with Gasteiger partial charge < -0.3 is 5.32 Å². The molecule has 0 aromatic heterocycles. The molecule has 1 N–H and O–H groups in total. The Bertz CT molecular complexity index is 875. The van der Waals surface area contributed by atoms with E-state index >= 15 is 0 Å². The summed E-state index contributed by atoms with van der Waals surface area (Å²) in [6.45, 7) is 0.267. The van der Waals surface area contributed by atoms with Crippen LogP contribution in [0, 0.1) is 0 Å². The van der Waals surface area contributed by atoms with Crippen molar-refractivity contribution in [1.29, 1.82) is 0 Å². The molecule has 9 heteroatoms. The third kappa shape index (κ3) is 8.03. The Balaban J connectivity index is 1.74. The molecule has 5 nitrogen and oxygen atoms in total. The standard InChI is InChI=1S/C19H22BrClN2O3S2/c1-28(25,26)23(18-9-5-16(20)6-10-18)13-19(24)22-11-2-12-27-14-15-3-7-17(21)8-4-15/h3-10H,2,11-14H2,1H3,(H,22,24). The van der Waals surface area contributed by atoms with Crippen LogP contribution in [-0.4, -0.2) is 39.4 Å². The summed E-state index contributed by atoms with van der Waals surface area (Å²) in [5.41, 5.74) is 1.66. The van der Waals surface area contributed by atoms with Gasteiger partial charge in [-0.05, 0) is 54.1 Å². The molecule has 0 aliphatic rings. The fourth-order valence-corrected chi connectivity index (χ4v) is 4.53. The van der Waals surface area contributed by atoms with Crippen LogP contribution in [0.15, 0.2) is 53.0 Å². The molecule has 0 heterocycles. The molecule has 0 aliphatic carbocycles. The topological polar surface area (TPSA) is 66.5 Å². The number of carbonyl (C=O) groups is 1. The first-order chi connectivity index (χ1) is 13.3. The van der Waals surface area contributed by atoms with Gasteiger partial charge in [-0.1, -0.05) is 39.7 Å². The molecule has 1 amide bonds. The van der Waals surface area contributed by atoms with Gasteiger partial charge in [-0.15, -0.1) is 0 Å². The number of halogens is 2. The first kappa shape index (κ1) is 23.1. The van der Waals surface area contributed by atoms with Gasteiger partial charge in [0.1, 0.15) is 6.54 Å². The Morgan fingerprint density at radius 3 is 2.39 bits per heavy atom. The molecule has 0 radical (unpaired) electrons. The lowest BCUT2D eigenvalue weighted by Gasteiger charge is -2.22. The highest BCUT2D eigenvalue weighted by atomic mass is 79.9. The molecule has 2 aromatic rings. The smallest absolute Gasteiger partial charge is 0.240 e. The Kier molecular flexibility index (Phi) is 9.14. The highest BCUT2D eigenvalue weighted by Gasteiger charge is 2.20. The highest BCUT2D eigenvalue weighted by molar-refractivity contribution is 9.10. The van der Waals surface area contributed by atoms with E-state index in [4.69, 9.17) is 11.6 Å². The van der Waals surface area contributed by atoms with E-state index in [2.05, 4.69) is 21.2 Å². The van der Waals surface area contributed by atoms with Gasteiger partial charge in [0, 0.05) is 21.8 Å². The number of hydrogen-bond donors (Lipinski definition) is 1. The molecule has 28 heavy (non-hydrogen) atoms. The van der Waals surface area contributed by atoms with E-state index in [1.165, 1.54) is 5.56 Å². The predicted octanol–water partition coefficient (Wildman–Crippen LogP) is 4.31. The van der Waals surface area contributed by atoms with Crippen molar-refractivity contribution in [3.05, 3.63) is 63.6 Å². The average Bonchev–Trinajstić information content (AvgIpc) is 2.64. The SMILES string of the molecule is CS(=O)(=O)N(CC(=O)NCCCSCc1ccc(Cl)cc1)c1ccc(Br)cc1. The number of rotatable bonds is 10. The molecule has 0 bridgehead atoms. The van der Waals surface area contributed by atoms with Crippen LogP contribution < -0.4 is 9.62 Å². The van der Waals surface area contributed by atoms with Crippen molar-refractivity contribution in [3.8, 4) is 0 Å². The van der Waals surface area contributed by atoms with Gasteiger partial charge in [0.2, 0.25) is 15.9 Å². The molecule has 0 spiro atoms. The summed E-state index contributed by atoms with van der Waals surface area (Å²) in [5, 5.41) is 3.51. The van der Waals surface area contributed by atoms with Crippen LogP contribution in [0.2, 0.25) is 5.02 Å². The van der Waals surface area contributed by atoms with Gasteiger partial charge >= 0.3 is 0 Å². The normalized spacial score (nSPS) is 11.2. The van der Waals surface area contributed by atoms with E-state index in [1.54, 1.807) is 36.0 Å². The lowest BCUT2D eigenvalue weighted by Crippen LogP contribution is -2.40. The molecule has 2 rings (SSSR count). The van der Waals surface area contributed by atoms with Gasteiger partial charge in [-0.25, -0.2) is 8.42 Å². The van der Waals surface area contributed by atoms with Crippen molar-refractivity contribution in [2.24, 2.45) is 0 Å². The Morgan fingerprint density at radius 2 is 1.79 bits per heavy atom. The largest absolute Gasteiger partial charge is 0.354 e. The third-order valence-corrected chi connectivity index (χ3v) is 6.81. The van der Waals surface area contributed by atoms with E-state index in [-0.39, 0.29) is 12.5 Å². The number of nitrogens with zero attached hydrogens (tertiary/aromatic N) is 1. The Hall–Kier alpha value is -1.22. The monoisotopic (exact) mass is 504 g/mol. The van der Waals surface area contributed by atoms with Crippen molar-refractivity contribution in [2.75, 3.05) is 29.4 Å². The quantitative estimate of drug-likeness (QED) is 0.489. The molecule has 0 aliphatic heterocycles. The number of nitrogens with one attached hydrogen (secondary N) is 1. The second-order valence-corrected chi connectivity index (χ2v) is 10.5. The van der Waals surface area contributed by atoms with Crippen LogP contribution >= 0.6 is 39.3 Å². The zero-order valence-corrected chi connectivity index (χ0v) is 19.4. The zero-order valence-electron chi connectivity index (χ0n) is 15.4. The first-order valence-electron chi connectivity index (χ1n) is 8.58. The molecule has 0 atom stereocenters. The average molecular weight is 506 g/mol. The number of thioether (sulfide) groups is 1. The summed E-state index contributed by atoms with van der Waals surface area (Å²) in [6.07, 6.45) is 1.90. The maximum atomic E-state index is 12.2. The van der Waals surface area contributed by atoms with Crippen molar-refractivity contribution in [3.63, 3.8) is 0 Å². The van der Waals surface area contributed by atoms with E-state index in [1.807, 2.05) is 24.3 Å². The summed E-state index contributed by atoms with van der Waals surface area (Å²) in [5.74, 6) is 1.46. The molecule has 0 unspecified atom stereocenters. The van der Waals surface area contributed by atoms with E-state index < -0.39 is 10.0 Å². The maximum absolute atomic E-state index is 12.2. The number of carbonyl (C=O) groups excluding carboxylic acids is 1. The molecular formula is C19H22BrClN2O3S2. The summed E-state index contributed by atoms with van der Waals surface area (Å²) in [7, 11) is -3.56. The van der Waals surface area contributed by atoms with Crippen molar-refractivity contribution in [1.82, 2.24) is 5.32 Å². The lowest BCUT2D eigenvalue weighted by atomic mass is 10.2. The van der Waals surface area contributed by atoms with Crippen LogP contribution in [0.4, 0.5) is 5.69 Å². The summed E-state index contributed by atoms with van der Waals surface area (Å²) < 4.78 is 26.0. The van der Waals surface area contributed by atoms with Crippen LogP contribution in [0.1, 0.15) is 12.0 Å².